The van der Waals surface area contributed by atoms with Crippen molar-refractivity contribution in [3.05, 3.63) is 34.6 Å². The first-order valence-corrected chi connectivity index (χ1v) is 3.88. The zero-order valence-electron chi connectivity index (χ0n) is 7.27. The summed E-state index contributed by atoms with van der Waals surface area (Å²) in [5.74, 6) is -6.33. The van der Waals surface area contributed by atoms with E-state index in [4.69, 9.17) is 5.11 Å². The highest BCUT2D eigenvalue weighted by Crippen LogP contribution is 2.20. The SMILES string of the molecule is CCc1cc(C(=O)O)c(F)c(F)c1F. The van der Waals surface area contributed by atoms with Crippen LogP contribution in [0.25, 0.3) is 0 Å². The van der Waals surface area contributed by atoms with Crippen LogP contribution in [-0.4, -0.2) is 11.1 Å². The number of carboxylic acids is 1. The molecule has 1 aromatic rings. The Balaban J connectivity index is 3.48. The highest BCUT2D eigenvalue weighted by atomic mass is 19.2. The number of aryl methyl sites for hydroxylation is 1. The van der Waals surface area contributed by atoms with Crippen molar-refractivity contribution in [2.75, 3.05) is 0 Å². The number of halogens is 3. The minimum absolute atomic E-state index is 0.101. The summed E-state index contributed by atoms with van der Waals surface area (Å²) in [6.45, 7) is 1.52. The molecule has 0 aliphatic rings. The third kappa shape index (κ3) is 1.57. The normalized spacial score (nSPS) is 10.3. The van der Waals surface area contributed by atoms with Gasteiger partial charge in [0.05, 0.1) is 5.56 Å². The lowest BCUT2D eigenvalue weighted by atomic mass is 10.1. The Morgan fingerprint density at radius 1 is 1.29 bits per heavy atom. The standard InChI is InChI=1S/C9H7F3O2/c1-2-4-3-5(9(13)14)7(11)8(12)6(4)10/h3H,2H2,1H3,(H,13,14). The lowest BCUT2D eigenvalue weighted by Crippen LogP contribution is -2.07. The Bertz CT molecular complexity index is 388. The van der Waals surface area contributed by atoms with Crippen LogP contribution in [-0.2, 0) is 6.42 Å². The molecule has 0 aliphatic heterocycles. The summed E-state index contributed by atoms with van der Waals surface area (Å²) < 4.78 is 38.5. The van der Waals surface area contributed by atoms with E-state index in [-0.39, 0.29) is 12.0 Å². The van der Waals surface area contributed by atoms with Crippen molar-refractivity contribution in [2.45, 2.75) is 13.3 Å². The molecule has 0 fully saturated rings. The number of carbonyl (C=O) groups is 1. The molecule has 76 valence electrons. The van der Waals surface area contributed by atoms with Crippen LogP contribution in [0.4, 0.5) is 13.2 Å². The van der Waals surface area contributed by atoms with Gasteiger partial charge in [-0.1, -0.05) is 6.92 Å². The van der Waals surface area contributed by atoms with Gasteiger partial charge in [0.2, 0.25) is 0 Å². The Morgan fingerprint density at radius 2 is 1.86 bits per heavy atom. The lowest BCUT2D eigenvalue weighted by Gasteiger charge is -2.04. The van der Waals surface area contributed by atoms with Crippen LogP contribution in [0.5, 0.6) is 0 Å². The van der Waals surface area contributed by atoms with Gasteiger partial charge in [-0.3, -0.25) is 0 Å². The highest BCUT2D eigenvalue weighted by molar-refractivity contribution is 5.88. The second kappa shape index (κ2) is 3.69. The van der Waals surface area contributed by atoms with Gasteiger partial charge in [0.25, 0.3) is 0 Å². The molecule has 0 spiro atoms. The van der Waals surface area contributed by atoms with Crippen molar-refractivity contribution in [3.8, 4) is 0 Å². The maximum atomic E-state index is 12.9. The molecule has 0 aromatic heterocycles. The molecule has 1 aromatic carbocycles. The molecule has 5 heteroatoms. The second-order valence-corrected chi connectivity index (χ2v) is 2.68. The zero-order chi connectivity index (χ0) is 10.9. The molecule has 14 heavy (non-hydrogen) atoms. The van der Waals surface area contributed by atoms with Crippen molar-refractivity contribution >= 4 is 5.97 Å². The monoisotopic (exact) mass is 204 g/mol. The molecule has 0 saturated carbocycles. The first-order valence-electron chi connectivity index (χ1n) is 3.88. The summed E-state index contributed by atoms with van der Waals surface area (Å²) in [5, 5.41) is 8.47. The largest absolute Gasteiger partial charge is 0.478 e. The van der Waals surface area contributed by atoms with Gasteiger partial charge in [-0.25, -0.2) is 18.0 Å². The number of hydrogen-bond donors (Lipinski definition) is 1. The van der Waals surface area contributed by atoms with Gasteiger partial charge in [-0.2, -0.15) is 0 Å². The van der Waals surface area contributed by atoms with Gasteiger partial charge in [0.15, 0.2) is 17.5 Å². The summed E-state index contributed by atoms with van der Waals surface area (Å²) in [5.41, 5.74) is -0.998. The van der Waals surface area contributed by atoms with Crippen molar-refractivity contribution in [1.29, 1.82) is 0 Å². The summed E-state index contributed by atoms with van der Waals surface area (Å²) in [6, 6.07) is 0.802. The van der Waals surface area contributed by atoms with E-state index in [1.54, 1.807) is 0 Å². The second-order valence-electron chi connectivity index (χ2n) is 2.68. The molecule has 2 nitrogen and oxygen atoms in total. The maximum absolute atomic E-state index is 12.9. The summed E-state index contributed by atoms with van der Waals surface area (Å²) in [7, 11) is 0. The van der Waals surface area contributed by atoms with Gasteiger partial charge >= 0.3 is 5.97 Å². The van der Waals surface area contributed by atoms with Crippen molar-refractivity contribution < 1.29 is 23.1 Å². The minimum Gasteiger partial charge on any atom is -0.478 e. The van der Waals surface area contributed by atoms with Crippen LogP contribution in [0, 0.1) is 17.5 Å². The molecule has 0 amide bonds. The Morgan fingerprint density at radius 3 is 2.29 bits per heavy atom. The Kier molecular flexibility index (Phi) is 2.78. The number of aromatic carboxylic acids is 1. The molecule has 0 aliphatic carbocycles. The fraction of sp³-hybridized carbons (Fsp3) is 0.222. The van der Waals surface area contributed by atoms with Gasteiger partial charge in [-0.15, -0.1) is 0 Å². The molecule has 1 rings (SSSR count). The maximum Gasteiger partial charge on any atom is 0.338 e. The van der Waals surface area contributed by atoms with Gasteiger partial charge in [0.1, 0.15) is 0 Å². The molecule has 0 bridgehead atoms. The summed E-state index contributed by atoms with van der Waals surface area (Å²) in [4.78, 5) is 10.4. The smallest absolute Gasteiger partial charge is 0.338 e. The molecule has 0 unspecified atom stereocenters. The number of hydrogen-bond acceptors (Lipinski definition) is 1. The quantitative estimate of drug-likeness (QED) is 0.751. The lowest BCUT2D eigenvalue weighted by molar-refractivity contribution is 0.0690. The van der Waals surface area contributed by atoms with Crippen molar-refractivity contribution in [1.82, 2.24) is 0 Å². The zero-order valence-corrected chi connectivity index (χ0v) is 7.27. The summed E-state index contributed by atoms with van der Waals surface area (Å²) in [6.07, 6.45) is 0.101. The average molecular weight is 204 g/mol. The topological polar surface area (TPSA) is 37.3 Å². The first kappa shape index (κ1) is 10.6. The first-order chi connectivity index (χ1) is 6.49. The molecular formula is C9H7F3O2. The van der Waals surface area contributed by atoms with Crippen LogP contribution >= 0.6 is 0 Å². The van der Waals surface area contributed by atoms with Gasteiger partial charge in [0, 0.05) is 0 Å². The van der Waals surface area contributed by atoms with Crippen LogP contribution in [0.15, 0.2) is 6.07 Å². The molecule has 0 heterocycles. The third-order valence-electron chi connectivity index (χ3n) is 1.83. The molecule has 0 radical (unpaired) electrons. The molecule has 1 N–H and O–H groups in total. The molecule has 0 atom stereocenters. The number of benzene rings is 1. The number of carboxylic acid groups (broad SMARTS) is 1. The average Bonchev–Trinajstić information content (AvgIpc) is 2.14. The predicted octanol–water partition coefficient (Wildman–Crippen LogP) is 2.36. The third-order valence-corrected chi connectivity index (χ3v) is 1.83. The van der Waals surface area contributed by atoms with E-state index in [0.717, 1.165) is 6.07 Å². The van der Waals surface area contributed by atoms with Crippen LogP contribution in [0.2, 0.25) is 0 Å². The van der Waals surface area contributed by atoms with E-state index in [0.29, 0.717) is 0 Å². The van der Waals surface area contributed by atoms with Crippen molar-refractivity contribution in [2.24, 2.45) is 0 Å². The van der Waals surface area contributed by atoms with E-state index in [1.807, 2.05) is 0 Å². The van der Waals surface area contributed by atoms with E-state index >= 15 is 0 Å². The van der Waals surface area contributed by atoms with Crippen LogP contribution in [0.3, 0.4) is 0 Å². The van der Waals surface area contributed by atoms with E-state index in [2.05, 4.69) is 0 Å². The summed E-state index contributed by atoms with van der Waals surface area (Å²) >= 11 is 0. The predicted molar refractivity (Wildman–Crippen MR) is 42.7 cm³/mol. The highest BCUT2D eigenvalue weighted by Gasteiger charge is 2.21. The van der Waals surface area contributed by atoms with Crippen LogP contribution in [0.1, 0.15) is 22.8 Å². The molecular weight excluding hydrogens is 197 g/mol. The fourth-order valence-electron chi connectivity index (χ4n) is 1.07. The van der Waals surface area contributed by atoms with Gasteiger partial charge in [-0.05, 0) is 18.1 Å². The Labute approximate surface area is 78.0 Å². The minimum atomic E-state index is -1.73. The fourth-order valence-corrected chi connectivity index (χ4v) is 1.07. The number of rotatable bonds is 2. The van der Waals surface area contributed by atoms with Crippen LogP contribution < -0.4 is 0 Å². The molecule has 0 saturated heterocycles. The van der Waals surface area contributed by atoms with E-state index in [1.165, 1.54) is 6.92 Å². The Hall–Kier alpha value is -1.52. The van der Waals surface area contributed by atoms with E-state index < -0.39 is 29.0 Å². The van der Waals surface area contributed by atoms with E-state index in [9.17, 15) is 18.0 Å². The van der Waals surface area contributed by atoms with Gasteiger partial charge < -0.3 is 5.11 Å². The van der Waals surface area contributed by atoms with Crippen molar-refractivity contribution in [3.63, 3.8) is 0 Å².